The van der Waals surface area contributed by atoms with Gasteiger partial charge in [-0.1, -0.05) is 30.3 Å². The normalized spacial score (nSPS) is 34.7. The first-order chi connectivity index (χ1) is 13.1. The van der Waals surface area contributed by atoms with Gasteiger partial charge in [0.2, 0.25) is 5.91 Å². The number of hydrogen-bond donors (Lipinski definition) is 1. The number of piperidine rings is 3. The fourth-order valence-corrected chi connectivity index (χ4v) is 5.54. The fourth-order valence-electron chi connectivity index (χ4n) is 5.54. The summed E-state index contributed by atoms with van der Waals surface area (Å²) in [4.78, 5) is 42.4. The van der Waals surface area contributed by atoms with E-state index in [1.165, 1.54) is 5.56 Å². The van der Waals surface area contributed by atoms with E-state index in [1.807, 2.05) is 11.0 Å². The molecular formula is C20H24N4O3. The van der Waals surface area contributed by atoms with Gasteiger partial charge in [-0.3, -0.25) is 19.4 Å². The maximum Gasteiger partial charge on any atom is 0.325 e. The topological polar surface area (TPSA) is 73.0 Å². The number of likely N-dealkylation sites (tertiary alicyclic amines) is 1. The molecule has 0 aliphatic carbocycles. The van der Waals surface area contributed by atoms with Gasteiger partial charge >= 0.3 is 6.03 Å². The Bertz CT molecular complexity index is 759. The SMILES string of the molecule is O=C1CNC(=O)N1CC(=O)N1C[C@H](c2ccccc2)[C@@H]2[C@H]1C1CCN2CC1. The highest BCUT2D eigenvalue weighted by Crippen LogP contribution is 2.46. The van der Waals surface area contributed by atoms with Crippen molar-refractivity contribution in [2.45, 2.75) is 30.8 Å². The number of nitrogens with zero attached hydrogens (tertiary/aromatic N) is 3. The number of fused-ring (bicyclic) bond motifs is 2. The van der Waals surface area contributed by atoms with Gasteiger partial charge in [-0.15, -0.1) is 0 Å². The first-order valence-electron chi connectivity index (χ1n) is 9.80. The Morgan fingerprint density at radius 3 is 2.48 bits per heavy atom. The summed E-state index contributed by atoms with van der Waals surface area (Å²) in [6.45, 7) is 2.70. The van der Waals surface area contributed by atoms with Crippen LogP contribution in [-0.4, -0.2) is 77.4 Å². The van der Waals surface area contributed by atoms with Crippen LogP contribution in [0.4, 0.5) is 4.79 Å². The van der Waals surface area contributed by atoms with E-state index in [4.69, 9.17) is 0 Å². The molecule has 5 fully saturated rings. The quantitative estimate of drug-likeness (QED) is 0.795. The van der Waals surface area contributed by atoms with Gasteiger partial charge in [0.15, 0.2) is 0 Å². The number of rotatable bonds is 3. The molecular weight excluding hydrogens is 344 g/mol. The van der Waals surface area contributed by atoms with Crippen molar-refractivity contribution < 1.29 is 14.4 Å². The standard InChI is InChI=1S/C20H24N4O3/c25-16-10-21-20(27)24(16)12-17(26)23-11-15(13-4-2-1-3-5-13)19-18(23)14-6-8-22(19)9-7-14/h1-5,14-15,18-19H,6-12H2,(H,21,27)/t15-,18-,19-/m1/s1. The smallest absolute Gasteiger partial charge is 0.325 e. The van der Waals surface area contributed by atoms with Gasteiger partial charge in [-0.05, 0) is 37.4 Å². The zero-order chi connectivity index (χ0) is 18.5. The van der Waals surface area contributed by atoms with Crippen molar-refractivity contribution >= 4 is 17.8 Å². The lowest BCUT2D eigenvalue weighted by atomic mass is 9.75. The van der Waals surface area contributed by atoms with Gasteiger partial charge in [-0.25, -0.2) is 4.79 Å². The largest absolute Gasteiger partial charge is 0.336 e. The van der Waals surface area contributed by atoms with Crippen LogP contribution in [0.3, 0.4) is 0 Å². The lowest BCUT2D eigenvalue weighted by Crippen LogP contribution is -2.61. The van der Waals surface area contributed by atoms with Gasteiger partial charge in [0.1, 0.15) is 6.54 Å². The number of urea groups is 1. The molecule has 7 nitrogen and oxygen atoms in total. The molecule has 0 aromatic heterocycles. The second-order valence-electron chi connectivity index (χ2n) is 8.06. The summed E-state index contributed by atoms with van der Waals surface area (Å²) < 4.78 is 0. The van der Waals surface area contributed by atoms with E-state index >= 15 is 0 Å². The number of nitrogens with one attached hydrogen (secondary N) is 1. The van der Waals surface area contributed by atoms with Crippen LogP contribution in [0.5, 0.6) is 0 Å². The predicted octanol–water partition coefficient (Wildman–Crippen LogP) is 0.627. The minimum absolute atomic E-state index is 0.0127. The number of carbonyl (C=O) groups excluding carboxylic acids is 3. The number of imide groups is 1. The highest BCUT2D eigenvalue weighted by Gasteiger charge is 2.54. The maximum atomic E-state index is 13.1. The van der Waals surface area contributed by atoms with E-state index < -0.39 is 6.03 Å². The predicted molar refractivity (Wildman–Crippen MR) is 97.9 cm³/mol. The summed E-state index contributed by atoms with van der Waals surface area (Å²) in [6, 6.07) is 10.5. The molecule has 0 unspecified atom stereocenters. The van der Waals surface area contributed by atoms with Crippen molar-refractivity contribution in [1.82, 2.24) is 20.0 Å². The van der Waals surface area contributed by atoms with E-state index in [-0.39, 0.29) is 36.9 Å². The number of hydrogen-bond acceptors (Lipinski definition) is 4. The summed E-state index contributed by atoms with van der Waals surface area (Å²) in [5.41, 5.74) is 1.27. The van der Waals surface area contributed by atoms with Crippen LogP contribution in [0.25, 0.3) is 0 Å². The maximum absolute atomic E-state index is 13.1. The average molecular weight is 368 g/mol. The van der Waals surface area contributed by atoms with Crippen LogP contribution in [0, 0.1) is 5.92 Å². The Kier molecular flexibility index (Phi) is 3.93. The van der Waals surface area contributed by atoms with Crippen molar-refractivity contribution in [2.24, 2.45) is 5.92 Å². The second-order valence-corrected chi connectivity index (χ2v) is 8.06. The monoisotopic (exact) mass is 368 g/mol. The Labute approximate surface area is 158 Å². The number of benzene rings is 1. The summed E-state index contributed by atoms with van der Waals surface area (Å²) >= 11 is 0. The molecule has 1 aromatic carbocycles. The molecule has 27 heavy (non-hydrogen) atoms. The third-order valence-corrected chi connectivity index (χ3v) is 6.77. The zero-order valence-electron chi connectivity index (χ0n) is 15.2. The molecule has 5 saturated heterocycles. The van der Waals surface area contributed by atoms with Crippen molar-refractivity contribution in [3.63, 3.8) is 0 Å². The Morgan fingerprint density at radius 2 is 1.81 bits per heavy atom. The first kappa shape index (κ1) is 16.7. The molecule has 6 rings (SSSR count). The first-order valence-corrected chi connectivity index (χ1v) is 9.80. The number of amides is 4. The molecule has 142 valence electrons. The Balaban J connectivity index is 1.43. The van der Waals surface area contributed by atoms with Crippen molar-refractivity contribution in [3.8, 4) is 0 Å². The van der Waals surface area contributed by atoms with Crippen LogP contribution in [0.1, 0.15) is 24.3 Å². The molecule has 1 aromatic rings. The van der Waals surface area contributed by atoms with Gasteiger partial charge in [0.05, 0.1) is 12.6 Å². The van der Waals surface area contributed by atoms with Crippen molar-refractivity contribution in [3.05, 3.63) is 35.9 Å². The molecule has 2 bridgehead atoms. The molecule has 1 N–H and O–H groups in total. The van der Waals surface area contributed by atoms with Crippen LogP contribution < -0.4 is 5.32 Å². The van der Waals surface area contributed by atoms with E-state index in [0.717, 1.165) is 30.8 Å². The van der Waals surface area contributed by atoms with Gasteiger partial charge in [-0.2, -0.15) is 0 Å². The minimum atomic E-state index is -0.461. The minimum Gasteiger partial charge on any atom is -0.336 e. The summed E-state index contributed by atoms with van der Waals surface area (Å²) in [5, 5.41) is 2.49. The summed E-state index contributed by atoms with van der Waals surface area (Å²) in [5.74, 6) is 0.368. The van der Waals surface area contributed by atoms with Crippen LogP contribution in [0.15, 0.2) is 30.3 Å². The Morgan fingerprint density at radius 1 is 1.07 bits per heavy atom. The molecule has 5 aliphatic heterocycles. The fraction of sp³-hybridized carbons (Fsp3) is 0.550. The zero-order valence-corrected chi connectivity index (χ0v) is 15.2. The molecule has 0 saturated carbocycles. The van der Waals surface area contributed by atoms with E-state index in [2.05, 4.69) is 34.5 Å². The van der Waals surface area contributed by atoms with Crippen molar-refractivity contribution in [2.75, 3.05) is 32.7 Å². The van der Waals surface area contributed by atoms with Crippen molar-refractivity contribution in [1.29, 1.82) is 0 Å². The molecule has 0 spiro atoms. The van der Waals surface area contributed by atoms with Crippen LogP contribution >= 0.6 is 0 Å². The molecule has 4 amide bonds. The third-order valence-electron chi connectivity index (χ3n) is 6.77. The van der Waals surface area contributed by atoms with Gasteiger partial charge in [0.25, 0.3) is 5.91 Å². The molecule has 5 heterocycles. The number of carbonyl (C=O) groups is 3. The lowest BCUT2D eigenvalue weighted by molar-refractivity contribution is -0.140. The molecule has 3 atom stereocenters. The van der Waals surface area contributed by atoms with E-state index in [0.29, 0.717) is 18.5 Å². The highest BCUT2D eigenvalue weighted by atomic mass is 16.2. The van der Waals surface area contributed by atoms with Crippen LogP contribution in [0.2, 0.25) is 0 Å². The average Bonchev–Trinajstić information content (AvgIpc) is 3.27. The molecule has 5 aliphatic rings. The summed E-state index contributed by atoms with van der Waals surface area (Å²) in [7, 11) is 0. The second kappa shape index (κ2) is 6.34. The van der Waals surface area contributed by atoms with E-state index in [9.17, 15) is 14.4 Å². The third kappa shape index (κ3) is 2.64. The summed E-state index contributed by atoms with van der Waals surface area (Å²) in [6.07, 6.45) is 2.24. The van der Waals surface area contributed by atoms with Crippen LogP contribution in [-0.2, 0) is 9.59 Å². The van der Waals surface area contributed by atoms with Gasteiger partial charge < -0.3 is 10.2 Å². The van der Waals surface area contributed by atoms with Gasteiger partial charge in [0, 0.05) is 18.5 Å². The molecule has 7 heteroatoms. The Hall–Kier alpha value is -2.41. The van der Waals surface area contributed by atoms with E-state index in [1.54, 1.807) is 0 Å². The lowest BCUT2D eigenvalue weighted by Gasteiger charge is -2.51. The highest BCUT2D eigenvalue weighted by molar-refractivity contribution is 6.04. The molecule has 0 radical (unpaired) electrons.